The molecule has 148 valence electrons. The van der Waals surface area contributed by atoms with E-state index < -0.39 is 11.6 Å². The number of hydrogen-bond acceptors (Lipinski definition) is 3. The Morgan fingerprint density at radius 2 is 2.11 bits per heavy atom. The molecule has 0 aromatic heterocycles. The Hall–Kier alpha value is -1.15. The van der Waals surface area contributed by atoms with Crippen LogP contribution in [-0.4, -0.2) is 17.4 Å². The van der Waals surface area contributed by atoms with Crippen molar-refractivity contribution in [2.75, 3.05) is 12.4 Å². The number of aliphatic imine (C=N–C) groups is 1. The number of thioether (sulfide) groups is 1. The molecule has 0 fully saturated rings. The van der Waals surface area contributed by atoms with Crippen molar-refractivity contribution in [1.82, 2.24) is 0 Å². The number of halogens is 3. The average molecular weight is 505 g/mol. The van der Waals surface area contributed by atoms with Gasteiger partial charge in [-0.15, -0.1) is 18.3 Å². The Labute approximate surface area is 179 Å². The minimum atomic E-state index is -0.490. The Bertz CT molecular complexity index is 710. The number of benzene rings is 1. The summed E-state index contributed by atoms with van der Waals surface area (Å²) in [5.74, 6) is 0.859. The van der Waals surface area contributed by atoms with E-state index in [2.05, 4.69) is 34.2 Å². The third-order valence-electron chi connectivity index (χ3n) is 3.38. The molecule has 0 aliphatic heterocycles. The van der Waals surface area contributed by atoms with Crippen molar-refractivity contribution in [3.63, 3.8) is 0 Å². The summed E-state index contributed by atoms with van der Waals surface area (Å²) in [6, 6.07) is 3.41. The van der Waals surface area contributed by atoms with Gasteiger partial charge in [0.05, 0.1) is 6.61 Å². The molecule has 1 aromatic rings. The number of allylic oxidation sites excluding steroid dienone is 4. The monoisotopic (exact) mass is 505 g/mol. The van der Waals surface area contributed by atoms with Crippen LogP contribution >= 0.6 is 34.4 Å². The first-order valence-corrected chi connectivity index (χ1v) is 10.8. The number of hydrogen-bond donors (Lipinski definition) is 0. The minimum absolute atomic E-state index is 0.168. The van der Waals surface area contributed by atoms with Gasteiger partial charge in [-0.3, -0.25) is 0 Å². The Kier molecular flexibility index (Phi) is 11.6. The lowest BCUT2D eigenvalue weighted by Gasteiger charge is -2.12. The van der Waals surface area contributed by atoms with E-state index in [-0.39, 0.29) is 5.56 Å². The third-order valence-corrected chi connectivity index (χ3v) is 4.95. The number of rotatable bonds is 10. The normalized spacial score (nSPS) is 13.2. The fraction of sp³-hybridized carbons (Fsp3) is 0.381. The zero-order valence-corrected chi connectivity index (χ0v) is 18.9. The van der Waals surface area contributed by atoms with Gasteiger partial charge in [-0.2, -0.15) is 0 Å². The second-order valence-corrected chi connectivity index (χ2v) is 8.83. The first-order valence-electron chi connectivity index (χ1n) is 8.76. The largest absolute Gasteiger partial charge is 0.496 e. The van der Waals surface area contributed by atoms with Gasteiger partial charge in [0, 0.05) is 27.5 Å². The molecule has 0 radical (unpaired) electrons. The SMILES string of the molecule is C=CCC/C(OCCS/C(=N\C=C/C(C)C)c1cc(F)ccc1F)=C(/C)I. The fourth-order valence-corrected chi connectivity index (χ4v) is 3.24. The molecule has 0 heterocycles. The minimum Gasteiger partial charge on any atom is -0.496 e. The molecule has 27 heavy (non-hydrogen) atoms. The first kappa shape index (κ1) is 23.9. The highest BCUT2D eigenvalue weighted by atomic mass is 127. The van der Waals surface area contributed by atoms with E-state index in [0.29, 0.717) is 23.3 Å². The van der Waals surface area contributed by atoms with Crippen LogP contribution in [-0.2, 0) is 4.74 Å². The molecule has 0 amide bonds. The molecule has 0 bridgehead atoms. The molecule has 0 saturated heterocycles. The lowest BCUT2D eigenvalue weighted by atomic mass is 10.2. The summed E-state index contributed by atoms with van der Waals surface area (Å²) in [6.07, 6.45) is 7.06. The maximum absolute atomic E-state index is 14.2. The van der Waals surface area contributed by atoms with Crippen LogP contribution in [0, 0.1) is 17.6 Å². The predicted molar refractivity (Wildman–Crippen MR) is 121 cm³/mol. The van der Waals surface area contributed by atoms with E-state index in [1.54, 1.807) is 6.20 Å². The molecule has 0 N–H and O–H groups in total. The van der Waals surface area contributed by atoms with Crippen molar-refractivity contribution in [3.05, 3.63) is 69.7 Å². The van der Waals surface area contributed by atoms with E-state index in [1.807, 2.05) is 32.9 Å². The van der Waals surface area contributed by atoms with Crippen molar-refractivity contribution in [2.24, 2.45) is 10.9 Å². The molecule has 0 atom stereocenters. The van der Waals surface area contributed by atoms with Gasteiger partial charge >= 0.3 is 0 Å². The zero-order valence-electron chi connectivity index (χ0n) is 16.0. The molecule has 0 aliphatic carbocycles. The van der Waals surface area contributed by atoms with E-state index in [0.717, 1.165) is 34.3 Å². The predicted octanol–water partition coefficient (Wildman–Crippen LogP) is 7.26. The Balaban J connectivity index is 2.82. The smallest absolute Gasteiger partial charge is 0.133 e. The highest BCUT2D eigenvalue weighted by molar-refractivity contribution is 14.1. The van der Waals surface area contributed by atoms with Crippen molar-refractivity contribution in [1.29, 1.82) is 0 Å². The van der Waals surface area contributed by atoms with Crippen LogP contribution in [0.5, 0.6) is 0 Å². The molecule has 0 saturated carbocycles. The lowest BCUT2D eigenvalue weighted by Crippen LogP contribution is -2.05. The zero-order chi connectivity index (χ0) is 20.2. The lowest BCUT2D eigenvalue weighted by molar-refractivity contribution is 0.221. The summed E-state index contributed by atoms with van der Waals surface area (Å²) < 4.78 is 34.7. The molecule has 0 spiro atoms. The summed E-state index contributed by atoms with van der Waals surface area (Å²) in [7, 11) is 0. The highest BCUT2D eigenvalue weighted by Crippen LogP contribution is 2.21. The summed E-state index contributed by atoms with van der Waals surface area (Å²) >= 11 is 3.59. The van der Waals surface area contributed by atoms with Gasteiger partial charge < -0.3 is 4.74 Å². The van der Waals surface area contributed by atoms with Gasteiger partial charge in [-0.05, 0) is 60.1 Å². The molecular weight excluding hydrogens is 479 g/mol. The van der Waals surface area contributed by atoms with Gasteiger partial charge in [0.15, 0.2) is 0 Å². The van der Waals surface area contributed by atoms with Gasteiger partial charge in [-0.25, -0.2) is 13.8 Å². The van der Waals surface area contributed by atoms with Crippen molar-refractivity contribution in [3.8, 4) is 0 Å². The summed E-state index contributed by atoms with van der Waals surface area (Å²) in [5, 5.41) is 0.440. The Morgan fingerprint density at radius 1 is 1.37 bits per heavy atom. The van der Waals surface area contributed by atoms with Crippen LogP contribution in [0.15, 0.2) is 57.5 Å². The van der Waals surface area contributed by atoms with E-state index >= 15 is 0 Å². The molecular formula is C21H26F2INOS. The number of ether oxygens (including phenoxy) is 1. The standard InChI is InChI=1S/C21H26F2INOS/c1-5-6-7-20(16(4)24)26-12-13-27-21(25-11-10-15(2)3)18-14-17(22)8-9-19(18)23/h5,8-11,14-15H,1,6-7,12-13H2,2-4H3/b11-10-,20-16+,25-21-. The second-order valence-electron chi connectivity index (χ2n) is 6.12. The molecule has 6 heteroatoms. The van der Waals surface area contributed by atoms with Crippen molar-refractivity contribution >= 4 is 39.4 Å². The van der Waals surface area contributed by atoms with Crippen molar-refractivity contribution < 1.29 is 13.5 Å². The Morgan fingerprint density at radius 3 is 2.74 bits per heavy atom. The van der Waals surface area contributed by atoms with Gasteiger partial charge in [-0.1, -0.05) is 26.0 Å². The summed E-state index contributed by atoms with van der Waals surface area (Å²) in [6.45, 7) is 10.2. The topological polar surface area (TPSA) is 21.6 Å². The maximum atomic E-state index is 14.2. The van der Waals surface area contributed by atoms with Crippen LogP contribution in [0.3, 0.4) is 0 Å². The van der Waals surface area contributed by atoms with E-state index in [9.17, 15) is 8.78 Å². The van der Waals surface area contributed by atoms with Gasteiger partial charge in [0.2, 0.25) is 0 Å². The maximum Gasteiger partial charge on any atom is 0.133 e. The average Bonchev–Trinajstić information content (AvgIpc) is 2.61. The van der Waals surface area contributed by atoms with Crippen LogP contribution in [0.2, 0.25) is 0 Å². The van der Waals surface area contributed by atoms with Crippen LogP contribution < -0.4 is 0 Å². The summed E-state index contributed by atoms with van der Waals surface area (Å²) in [4.78, 5) is 4.35. The quantitative estimate of drug-likeness (QED) is 0.0834. The van der Waals surface area contributed by atoms with E-state index in [1.165, 1.54) is 17.8 Å². The molecule has 1 aromatic carbocycles. The van der Waals surface area contributed by atoms with Crippen LogP contribution in [0.25, 0.3) is 0 Å². The van der Waals surface area contributed by atoms with Crippen LogP contribution in [0.1, 0.15) is 39.2 Å². The molecule has 0 aliphatic rings. The first-order chi connectivity index (χ1) is 12.8. The van der Waals surface area contributed by atoms with Crippen molar-refractivity contribution in [2.45, 2.75) is 33.6 Å². The molecule has 0 unspecified atom stereocenters. The number of nitrogens with zero attached hydrogens (tertiary/aromatic N) is 1. The van der Waals surface area contributed by atoms with E-state index in [4.69, 9.17) is 4.74 Å². The molecule has 2 nitrogen and oxygen atoms in total. The van der Waals surface area contributed by atoms with Gasteiger partial charge in [0.25, 0.3) is 0 Å². The van der Waals surface area contributed by atoms with Gasteiger partial charge in [0.1, 0.15) is 22.4 Å². The third kappa shape index (κ3) is 9.55. The summed E-state index contributed by atoms with van der Waals surface area (Å²) in [5.41, 5.74) is 0.168. The molecule has 1 rings (SSSR count). The second kappa shape index (κ2) is 13.1. The highest BCUT2D eigenvalue weighted by Gasteiger charge is 2.12. The van der Waals surface area contributed by atoms with Crippen LogP contribution in [0.4, 0.5) is 8.78 Å². The fourth-order valence-electron chi connectivity index (χ4n) is 2.01.